The number of aromatic nitrogens is 4. The summed E-state index contributed by atoms with van der Waals surface area (Å²) in [6.45, 7) is 6.08. The van der Waals surface area contributed by atoms with E-state index in [1.807, 2.05) is 44.2 Å². The highest BCUT2D eigenvalue weighted by molar-refractivity contribution is 5.68. The number of hydrogen-bond acceptors (Lipinski definition) is 4. The fourth-order valence-corrected chi connectivity index (χ4v) is 2.32. The van der Waals surface area contributed by atoms with E-state index in [2.05, 4.69) is 28.5 Å². The highest BCUT2D eigenvalue weighted by atomic mass is 15.5. The maximum atomic E-state index is 6.03. The molecule has 0 radical (unpaired) electrons. The van der Waals surface area contributed by atoms with E-state index in [0.717, 1.165) is 28.1 Å². The lowest BCUT2D eigenvalue weighted by Crippen LogP contribution is -2.02. The van der Waals surface area contributed by atoms with Crippen LogP contribution < -0.4 is 5.73 Å². The number of nitrogen functional groups attached to an aromatic ring is 1. The zero-order valence-corrected chi connectivity index (χ0v) is 12.3. The van der Waals surface area contributed by atoms with E-state index in [-0.39, 0.29) is 0 Å². The van der Waals surface area contributed by atoms with Crippen LogP contribution in [0.1, 0.15) is 16.7 Å². The third kappa shape index (κ3) is 2.38. The summed E-state index contributed by atoms with van der Waals surface area (Å²) < 4.78 is 1.73. The molecule has 0 spiro atoms. The maximum absolute atomic E-state index is 6.03. The first-order chi connectivity index (χ1) is 10.1. The molecule has 0 unspecified atom stereocenters. The molecule has 0 atom stereocenters. The molecule has 5 nitrogen and oxygen atoms in total. The van der Waals surface area contributed by atoms with Gasteiger partial charge in [0.2, 0.25) is 0 Å². The Morgan fingerprint density at radius 3 is 2.38 bits per heavy atom. The molecule has 0 aliphatic heterocycles. The van der Waals surface area contributed by atoms with E-state index in [0.29, 0.717) is 5.82 Å². The van der Waals surface area contributed by atoms with Crippen molar-refractivity contribution < 1.29 is 0 Å². The molecule has 0 saturated heterocycles. The molecular weight excluding hydrogens is 262 g/mol. The summed E-state index contributed by atoms with van der Waals surface area (Å²) in [7, 11) is 0. The van der Waals surface area contributed by atoms with Crippen molar-refractivity contribution in [2.45, 2.75) is 20.8 Å². The van der Waals surface area contributed by atoms with Gasteiger partial charge in [-0.2, -0.15) is 4.68 Å². The van der Waals surface area contributed by atoms with Crippen LogP contribution in [0.25, 0.3) is 17.1 Å². The SMILES string of the molecule is Cc1ccc(-n2nnnc2-c2cc(N)c(C)cc2C)cc1. The molecule has 0 aliphatic carbocycles. The van der Waals surface area contributed by atoms with E-state index in [1.54, 1.807) is 4.68 Å². The van der Waals surface area contributed by atoms with Crippen LogP contribution in [0.2, 0.25) is 0 Å². The predicted octanol–water partition coefficient (Wildman–Crippen LogP) is 2.84. The van der Waals surface area contributed by atoms with Crippen molar-refractivity contribution in [3.63, 3.8) is 0 Å². The molecular formula is C16H17N5. The van der Waals surface area contributed by atoms with E-state index < -0.39 is 0 Å². The zero-order valence-electron chi connectivity index (χ0n) is 12.3. The number of aryl methyl sites for hydroxylation is 3. The van der Waals surface area contributed by atoms with Crippen molar-refractivity contribution >= 4 is 5.69 Å². The molecule has 0 amide bonds. The molecule has 3 aromatic rings. The molecule has 1 aromatic heterocycles. The third-order valence-corrected chi connectivity index (χ3v) is 3.60. The first-order valence-corrected chi connectivity index (χ1v) is 6.79. The van der Waals surface area contributed by atoms with Crippen LogP contribution in [0.3, 0.4) is 0 Å². The Hall–Kier alpha value is -2.69. The Labute approximate surface area is 123 Å². The molecule has 0 bridgehead atoms. The van der Waals surface area contributed by atoms with Crippen LogP contribution in [0.15, 0.2) is 36.4 Å². The van der Waals surface area contributed by atoms with Crippen molar-refractivity contribution in [1.29, 1.82) is 0 Å². The second kappa shape index (κ2) is 5.01. The molecule has 0 aliphatic rings. The van der Waals surface area contributed by atoms with Gasteiger partial charge in [-0.25, -0.2) is 0 Å². The zero-order chi connectivity index (χ0) is 15.0. The predicted molar refractivity (Wildman–Crippen MR) is 83.2 cm³/mol. The summed E-state index contributed by atoms with van der Waals surface area (Å²) in [6, 6.07) is 12.1. The number of rotatable bonds is 2. The summed E-state index contributed by atoms with van der Waals surface area (Å²) in [5, 5.41) is 12.1. The van der Waals surface area contributed by atoms with E-state index in [1.165, 1.54) is 5.56 Å². The van der Waals surface area contributed by atoms with Gasteiger partial charge in [0.25, 0.3) is 0 Å². The normalized spacial score (nSPS) is 10.8. The maximum Gasteiger partial charge on any atom is 0.187 e. The molecule has 3 rings (SSSR count). The lowest BCUT2D eigenvalue weighted by Gasteiger charge is -2.10. The number of nitrogens with two attached hydrogens (primary N) is 1. The van der Waals surface area contributed by atoms with Crippen molar-refractivity contribution in [3.05, 3.63) is 53.1 Å². The average molecular weight is 279 g/mol. The summed E-state index contributed by atoms with van der Waals surface area (Å²) >= 11 is 0. The third-order valence-electron chi connectivity index (χ3n) is 3.60. The molecule has 2 aromatic carbocycles. The van der Waals surface area contributed by atoms with Crippen molar-refractivity contribution in [3.8, 4) is 17.1 Å². The fourth-order valence-electron chi connectivity index (χ4n) is 2.32. The highest BCUT2D eigenvalue weighted by Gasteiger charge is 2.14. The van der Waals surface area contributed by atoms with Crippen molar-refractivity contribution in [2.75, 3.05) is 5.73 Å². The Morgan fingerprint density at radius 2 is 1.67 bits per heavy atom. The number of tetrazole rings is 1. The van der Waals surface area contributed by atoms with Gasteiger partial charge in [0, 0.05) is 11.3 Å². The van der Waals surface area contributed by atoms with Gasteiger partial charge < -0.3 is 5.73 Å². The van der Waals surface area contributed by atoms with E-state index >= 15 is 0 Å². The van der Waals surface area contributed by atoms with Crippen LogP contribution in [0, 0.1) is 20.8 Å². The van der Waals surface area contributed by atoms with Crippen LogP contribution in [0.5, 0.6) is 0 Å². The monoisotopic (exact) mass is 279 g/mol. The van der Waals surface area contributed by atoms with Crippen molar-refractivity contribution in [2.24, 2.45) is 0 Å². The fraction of sp³-hybridized carbons (Fsp3) is 0.188. The Kier molecular flexibility index (Phi) is 3.17. The van der Waals surface area contributed by atoms with Crippen LogP contribution in [0.4, 0.5) is 5.69 Å². The first kappa shape index (κ1) is 13.3. The second-order valence-electron chi connectivity index (χ2n) is 5.27. The average Bonchev–Trinajstić information content (AvgIpc) is 2.93. The Morgan fingerprint density at radius 1 is 0.952 bits per heavy atom. The smallest absolute Gasteiger partial charge is 0.187 e. The van der Waals surface area contributed by atoms with Crippen LogP contribution in [-0.2, 0) is 0 Å². The molecule has 0 saturated carbocycles. The van der Waals surface area contributed by atoms with Crippen LogP contribution >= 0.6 is 0 Å². The molecule has 106 valence electrons. The Balaban J connectivity index is 2.15. The number of anilines is 1. The van der Waals surface area contributed by atoms with Crippen LogP contribution in [-0.4, -0.2) is 20.2 Å². The van der Waals surface area contributed by atoms with Gasteiger partial charge in [0.15, 0.2) is 5.82 Å². The molecule has 2 N–H and O–H groups in total. The Bertz CT molecular complexity index is 787. The quantitative estimate of drug-likeness (QED) is 0.732. The topological polar surface area (TPSA) is 69.6 Å². The van der Waals surface area contributed by atoms with Gasteiger partial charge in [-0.3, -0.25) is 0 Å². The standard InChI is InChI=1S/C16H17N5/c1-10-4-6-13(7-5-10)21-16(18-19-20-21)14-9-15(17)12(3)8-11(14)2/h4-9H,17H2,1-3H3. The second-order valence-corrected chi connectivity index (χ2v) is 5.27. The van der Waals surface area contributed by atoms with Gasteiger partial charge in [-0.15, -0.1) is 5.10 Å². The summed E-state index contributed by atoms with van der Waals surface area (Å²) in [5.74, 6) is 0.697. The molecule has 1 heterocycles. The minimum absolute atomic E-state index is 0.697. The summed E-state index contributed by atoms with van der Waals surface area (Å²) in [6.07, 6.45) is 0. The van der Waals surface area contributed by atoms with Gasteiger partial charge in [-0.05, 0) is 60.5 Å². The van der Waals surface area contributed by atoms with Gasteiger partial charge in [0.1, 0.15) is 0 Å². The van der Waals surface area contributed by atoms with Gasteiger partial charge in [0.05, 0.1) is 5.69 Å². The largest absolute Gasteiger partial charge is 0.398 e. The summed E-state index contributed by atoms with van der Waals surface area (Å²) in [5.41, 5.74) is 12.0. The minimum Gasteiger partial charge on any atom is -0.398 e. The molecule has 0 fully saturated rings. The lowest BCUT2D eigenvalue weighted by molar-refractivity contribution is 0.791. The lowest BCUT2D eigenvalue weighted by atomic mass is 10.0. The summed E-state index contributed by atoms with van der Waals surface area (Å²) in [4.78, 5) is 0. The van der Waals surface area contributed by atoms with E-state index in [9.17, 15) is 0 Å². The number of hydrogen-bond donors (Lipinski definition) is 1. The minimum atomic E-state index is 0.697. The highest BCUT2D eigenvalue weighted by Crippen LogP contribution is 2.27. The molecule has 5 heteroatoms. The number of benzene rings is 2. The van der Waals surface area contributed by atoms with Gasteiger partial charge in [-0.1, -0.05) is 23.8 Å². The van der Waals surface area contributed by atoms with Gasteiger partial charge >= 0.3 is 0 Å². The van der Waals surface area contributed by atoms with E-state index in [4.69, 9.17) is 5.73 Å². The number of nitrogens with zero attached hydrogens (tertiary/aromatic N) is 4. The first-order valence-electron chi connectivity index (χ1n) is 6.79. The van der Waals surface area contributed by atoms with Crippen molar-refractivity contribution in [1.82, 2.24) is 20.2 Å². The molecule has 21 heavy (non-hydrogen) atoms.